The quantitative estimate of drug-likeness (QED) is 0.708. The Morgan fingerprint density at radius 3 is 2.36 bits per heavy atom. The number of hydrogen-bond donors (Lipinski definition) is 1. The molecule has 1 fully saturated rings. The molecule has 0 atom stereocenters. The van der Waals surface area contributed by atoms with Crippen LogP contribution in [-0.4, -0.2) is 31.6 Å². The average molecular weight is 198 g/mol. The molecule has 1 saturated carbocycles. The average Bonchev–Trinajstić information content (AvgIpc) is 2.01. The smallest absolute Gasteiger partial charge is 0.000134 e. The van der Waals surface area contributed by atoms with E-state index in [9.17, 15) is 0 Å². The van der Waals surface area contributed by atoms with Gasteiger partial charge in [0.1, 0.15) is 0 Å². The summed E-state index contributed by atoms with van der Waals surface area (Å²) in [6, 6.07) is 0. The van der Waals surface area contributed by atoms with Gasteiger partial charge >= 0.3 is 0 Å². The zero-order valence-corrected chi connectivity index (χ0v) is 10.1. The first-order valence-corrected chi connectivity index (χ1v) is 5.97. The van der Waals surface area contributed by atoms with Gasteiger partial charge in [0.05, 0.1) is 0 Å². The van der Waals surface area contributed by atoms with E-state index in [1.807, 2.05) is 0 Å². The number of nitrogens with two attached hydrogens (primary N) is 1. The molecule has 1 aliphatic rings. The highest BCUT2D eigenvalue weighted by molar-refractivity contribution is 4.88. The maximum Gasteiger partial charge on any atom is 0.000134 e. The fourth-order valence-electron chi connectivity index (χ4n) is 2.38. The Balaban J connectivity index is 2.18. The molecule has 84 valence electrons. The van der Waals surface area contributed by atoms with E-state index < -0.39 is 0 Å². The van der Waals surface area contributed by atoms with Gasteiger partial charge in [-0.3, -0.25) is 0 Å². The van der Waals surface area contributed by atoms with Crippen molar-refractivity contribution in [2.24, 2.45) is 17.1 Å². The molecule has 0 spiro atoms. The van der Waals surface area contributed by atoms with E-state index in [1.165, 1.54) is 38.8 Å². The Kier molecular flexibility index (Phi) is 4.39. The van der Waals surface area contributed by atoms with E-state index >= 15 is 0 Å². The Hall–Kier alpha value is -0.0800. The first kappa shape index (κ1) is 12.0. The van der Waals surface area contributed by atoms with Crippen molar-refractivity contribution in [2.75, 3.05) is 26.7 Å². The van der Waals surface area contributed by atoms with Gasteiger partial charge in [0.25, 0.3) is 0 Å². The SMILES string of the molecule is CC(C)CN(C)CCC1(CN)CCC1. The van der Waals surface area contributed by atoms with Gasteiger partial charge in [-0.1, -0.05) is 20.3 Å². The summed E-state index contributed by atoms with van der Waals surface area (Å²) in [5.74, 6) is 0.773. The molecule has 2 heteroatoms. The number of hydrogen-bond acceptors (Lipinski definition) is 2. The maximum absolute atomic E-state index is 5.84. The van der Waals surface area contributed by atoms with Gasteiger partial charge in [0.2, 0.25) is 0 Å². The van der Waals surface area contributed by atoms with E-state index in [0.29, 0.717) is 5.41 Å². The number of rotatable bonds is 6. The van der Waals surface area contributed by atoms with Crippen molar-refractivity contribution >= 4 is 0 Å². The molecular weight excluding hydrogens is 172 g/mol. The van der Waals surface area contributed by atoms with Crippen LogP contribution in [0.4, 0.5) is 0 Å². The third-order valence-electron chi connectivity index (χ3n) is 3.55. The lowest BCUT2D eigenvalue weighted by molar-refractivity contribution is 0.109. The molecule has 0 amide bonds. The van der Waals surface area contributed by atoms with Crippen LogP contribution < -0.4 is 5.73 Å². The van der Waals surface area contributed by atoms with Crippen molar-refractivity contribution in [1.29, 1.82) is 0 Å². The summed E-state index contributed by atoms with van der Waals surface area (Å²) in [5.41, 5.74) is 6.36. The molecule has 0 aliphatic heterocycles. The minimum Gasteiger partial charge on any atom is -0.330 e. The van der Waals surface area contributed by atoms with Crippen LogP contribution in [0.1, 0.15) is 39.5 Å². The normalized spacial score (nSPS) is 20.1. The van der Waals surface area contributed by atoms with Gasteiger partial charge in [-0.25, -0.2) is 0 Å². The Morgan fingerprint density at radius 2 is 2.00 bits per heavy atom. The minimum atomic E-state index is 0.519. The van der Waals surface area contributed by atoms with Crippen LogP contribution in [0.2, 0.25) is 0 Å². The molecule has 0 aromatic heterocycles. The summed E-state index contributed by atoms with van der Waals surface area (Å²) in [6.45, 7) is 7.87. The standard InChI is InChI=1S/C12H26N2/c1-11(2)9-14(3)8-7-12(10-13)5-4-6-12/h11H,4-10,13H2,1-3H3. The highest BCUT2D eigenvalue weighted by atomic mass is 15.1. The predicted molar refractivity (Wildman–Crippen MR) is 62.3 cm³/mol. The van der Waals surface area contributed by atoms with Crippen LogP contribution in [0, 0.1) is 11.3 Å². The van der Waals surface area contributed by atoms with Crippen molar-refractivity contribution in [3.05, 3.63) is 0 Å². The molecular formula is C12H26N2. The fraction of sp³-hybridized carbons (Fsp3) is 1.00. The van der Waals surface area contributed by atoms with Gasteiger partial charge in [0.15, 0.2) is 0 Å². The van der Waals surface area contributed by atoms with Gasteiger partial charge in [0, 0.05) is 6.54 Å². The van der Waals surface area contributed by atoms with E-state index in [2.05, 4.69) is 25.8 Å². The summed E-state index contributed by atoms with van der Waals surface area (Å²) in [7, 11) is 2.23. The van der Waals surface area contributed by atoms with Gasteiger partial charge in [-0.2, -0.15) is 0 Å². The lowest BCUT2D eigenvalue weighted by Gasteiger charge is -2.42. The molecule has 0 aromatic carbocycles. The summed E-state index contributed by atoms with van der Waals surface area (Å²) in [6.07, 6.45) is 5.41. The summed E-state index contributed by atoms with van der Waals surface area (Å²) in [4.78, 5) is 2.44. The van der Waals surface area contributed by atoms with Crippen LogP contribution in [-0.2, 0) is 0 Å². The zero-order chi connectivity index (χ0) is 10.6. The maximum atomic E-state index is 5.84. The van der Waals surface area contributed by atoms with Crippen molar-refractivity contribution in [3.63, 3.8) is 0 Å². The molecule has 1 aliphatic carbocycles. The van der Waals surface area contributed by atoms with Crippen molar-refractivity contribution < 1.29 is 0 Å². The molecule has 1 rings (SSSR count). The zero-order valence-electron chi connectivity index (χ0n) is 10.1. The van der Waals surface area contributed by atoms with Crippen molar-refractivity contribution in [2.45, 2.75) is 39.5 Å². The van der Waals surface area contributed by atoms with Crippen LogP contribution in [0.25, 0.3) is 0 Å². The molecule has 14 heavy (non-hydrogen) atoms. The number of nitrogens with zero attached hydrogens (tertiary/aromatic N) is 1. The monoisotopic (exact) mass is 198 g/mol. The Morgan fingerprint density at radius 1 is 1.36 bits per heavy atom. The fourth-order valence-corrected chi connectivity index (χ4v) is 2.38. The Bertz CT molecular complexity index is 156. The van der Waals surface area contributed by atoms with Crippen LogP contribution in [0.5, 0.6) is 0 Å². The third kappa shape index (κ3) is 3.25. The minimum absolute atomic E-state index is 0.519. The Labute approximate surface area is 88.8 Å². The molecule has 0 heterocycles. The summed E-state index contributed by atoms with van der Waals surface area (Å²) in [5, 5.41) is 0. The van der Waals surface area contributed by atoms with E-state index in [4.69, 9.17) is 5.73 Å². The topological polar surface area (TPSA) is 29.3 Å². The largest absolute Gasteiger partial charge is 0.330 e. The lowest BCUT2D eigenvalue weighted by atomic mass is 9.66. The van der Waals surface area contributed by atoms with Gasteiger partial charge in [-0.15, -0.1) is 0 Å². The van der Waals surface area contributed by atoms with E-state index in [-0.39, 0.29) is 0 Å². The molecule has 0 saturated heterocycles. The molecule has 0 bridgehead atoms. The lowest BCUT2D eigenvalue weighted by Crippen LogP contribution is -2.40. The molecule has 2 N–H and O–H groups in total. The molecule has 2 nitrogen and oxygen atoms in total. The highest BCUT2D eigenvalue weighted by Crippen LogP contribution is 2.42. The predicted octanol–water partition coefficient (Wildman–Crippen LogP) is 2.09. The molecule has 0 unspecified atom stereocenters. The van der Waals surface area contributed by atoms with Crippen LogP contribution in [0.15, 0.2) is 0 Å². The molecule has 0 radical (unpaired) electrons. The third-order valence-corrected chi connectivity index (χ3v) is 3.55. The molecule has 0 aromatic rings. The summed E-state index contributed by atoms with van der Waals surface area (Å²) < 4.78 is 0. The second-order valence-electron chi connectivity index (χ2n) is 5.46. The van der Waals surface area contributed by atoms with Crippen LogP contribution >= 0.6 is 0 Å². The van der Waals surface area contributed by atoms with Crippen LogP contribution in [0.3, 0.4) is 0 Å². The second-order valence-corrected chi connectivity index (χ2v) is 5.46. The van der Waals surface area contributed by atoms with Crippen molar-refractivity contribution in [1.82, 2.24) is 4.90 Å². The summed E-state index contributed by atoms with van der Waals surface area (Å²) >= 11 is 0. The first-order valence-electron chi connectivity index (χ1n) is 5.97. The van der Waals surface area contributed by atoms with Crippen molar-refractivity contribution in [3.8, 4) is 0 Å². The highest BCUT2D eigenvalue weighted by Gasteiger charge is 2.34. The van der Waals surface area contributed by atoms with Gasteiger partial charge < -0.3 is 10.6 Å². The second kappa shape index (κ2) is 5.13. The van der Waals surface area contributed by atoms with Gasteiger partial charge in [-0.05, 0) is 50.7 Å². The van der Waals surface area contributed by atoms with E-state index in [1.54, 1.807) is 0 Å². The first-order chi connectivity index (χ1) is 6.58. The van der Waals surface area contributed by atoms with E-state index in [0.717, 1.165) is 12.5 Å².